The largest absolute Gasteiger partial charge is 0.310 e. The van der Waals surface area contributed by atoms with E-state index in [4.69, 9.17) is 11.6 Å². The molecule has 102 valence electrons. The Kier molecular flexibility index (Phi) is 4.24. The van der Waals surface area contributed by atoms with Crippen LogP contribution in [0.2, 0.25) is 5.02 Å². The summed E-state index contributed by atoms with van der Waals surface area (Å²) in [5.41, 5.74) is 4.55. The predicted molar refractivity (Wildman–Crippen MR) is 81.7 cm³/mol. The van der Waals surface area contributed by atoms with Gasteiger partial charge in [0, 0.05) is 11.1 Å². The minimum atomic E-state index is 0.538. The van der Waals surface area contributed by atoms with Gasteiger partial charge in [0.2, 0.25) is 0 Å². The number of hydrogen-bond donors (Lipinski definition) is 1. The Morgan fingerprint density at radius 2 is 2.16 bits per heavy atom. The molecule has 0 saturated carbocycles. The molecular weight excluding hydrogens is 254 g/mol. The number of halogens is 1. The van der Waals surface area contributed by atoms with Gasteiger partial charge in [0.25, 0.3) is 0 Å². The van der Waals surface area contributed by atoms with Crippen LogP contribution in [0.5, 0.6) is 0 Å². The lowest BCUT2D eigenvalue weighted by Crippen LogP contribution is -2.21. The number of allylic oxidation sites excluding steroid dienone is 1. The second-order valence-electron chi connectivity index (χ2n) is 5.75. The summed E-state index contributed by atoms with van der Waals surface area (Å²) >= 11 is 6.05. The van der Waals surface area contributed by atoms with Crippen LogP contribution in [0.3, 0.4) is 0 Å². The first kappa shape index (κ1) is 13.2. The first-order chi connectivity index (χ1) is 9.33. The summed E-state index contributed by atoms with van der Waals surface area (Å²) in [6, 6.07) is 6.88. The van der Waals surface area contributed by atoms with Crippen LogP contribution in [-0.2, 0) is 6.42 Å². The van der Waals surface area contributed by atoms with Crippen LogP contribution in [0.15, 0.2) is 29.8 Å². The zero-order valence-electron chi connectivity index (χ0n) is 11.4. The minimum Gasteiger partial charge on any atom is -0.310 e. The molecule has 1 N–H and O–H groups in total. The molecule has 2 aliphatic rings. The van der Waals surface area contributed by atoms with E-state index in [2.05, 4.69) is 23.5 Å². The van der Waals surface area contributed by atoms with Gasteiger partial charge in [-0.15, -0.1) is 0 Å². The second kappa shape index (κ2) is 6.11. The average Bonchev–Trinajstić information content (AvgIpc) is 2.82. The molecule has 0 amide bonds. The molecule has 1 unspecified atom stereocenters. The summed E-state index contributed by atoms with van der Waals surface area (Å²) in [6.45, 7) is 1.11. The van der Waals surface area contributed by atoms with Crippen molar-refractivity contribution in [3.8, 4) is 0 Å². The predicted octanol–water partition coefficient (Wildman–Crippen LogP) is 4.81. The topological polar surface area (TPSA) is 12.0 Å². The van der Waals surface area contributed by atoms with Crippen molar-refractivity contribution in [2.45, 2.75) is 51.0 Å². The monoisotopic (exact) mass is 275 g/mol. The maximum atomic E-state index is 6.05. The average molecular weight is 276 g/mol. The first-order valence-corrected chi connectivity index (χ1v) is 7.90. The van der Waals surface area contributed by atoms with Crippen molar-refractivity contribution in [3.05, 3.63) is 46.0 Å². The van der Waals surface area contributed by atoms with Gasteiger partial charge in [-0.1, -0.05) is 29.3 Å². The number of nitrogens with one attached hydrogen (secondary N) is 1. The molecule has 0 saturated heterocycles. The van der Waals surface area contributed by atoms with Crippen molar-refractivity contribution in [2.75, 3.05) is 6.54 Å². The van der Waals surface area contributed by atoms with Crippen LogP contribution >= 0.6 is 11.6 Å². The third kappa shape index (κ3) is 3.21. The fraction of sp³-hybridized carbons (Fsp3) is 0.529. The van der Waals surface area contributed by atoms with Crippen LogP contribution in [0.1, 0.15) is 55.7 Å². The maximum Gasteiger partial charge on any atom is 0.0408 e. The highest BCUT2D eigenvalue weighted by Crippen LogP contribution is 2.33. The zero-order chi connectivity index (χ0) is 13.1. The van der Waals surface area contributed by atoms with Crippen molar-refractivity contribution in [1.29, 1.82) is 0 Å². The highest BCUT2D eigenvalue weighted by Gasteiger charge is 2.21. The Balaban J connectivity index is 1.53. The van der Waals surface area contributed by atoms with Crippen molar-refractivity contribution in [2.24, 2.45) is 0 Å². The minimum absolute atomic E-state index is 0.538. The molecule has 1 aromatic carbocycles. The summed E-state index contributed by atoms with van der Waals surface area (Å²) < 4.78 is 0. The van der Waals surface area contributed by atoms with Crippen molar-refractivity contribution >= 4 is 11.6 Å². The lowest BCUT2D eigenvalue weighted by atomic mass is 9.97. The smallest absolute Gasteiger partial charge is 0.0408 e. The van der Waals surface area contributed by atoms with E-state index in [1.807, 2.05) is 6.07 Å². The highest BCUT2D eigenvalue weighted by atomic mass is 35.5. The molecule has 0 aromatic heterocycles. The standard InChI is InChI=1S/C17H22ClN/c18-15-7-8-16-14(12-15)6-9-17(16)19-11-10-13-4-2-1-3-5-13/h4,7-8,12,17,19H,1-3,5-6,9-11H2. The van der Waals surface area contributed by atoms with Crippen molar-refractivity contribution in [3.63, 3.8) is 0 Å². The Labute approximate surface area is 121 Å². The number of aryl methyl sites for hydroxylation is 1. The van der Waals surface area contributed by atoms with Gasteiger partial charge in [0.05, 0.1) is 0 Å². The quantitative estimate of drug-likeness (QED) is 0.778. The highest BCUT2D eigenvalue weighted by molar-refractivity contribution is 6.30. The van der Waals surface area contributed by atoms with Gasteiger partial charge in [-0.05, 0) is 74.8 Å². The van der Waals surface area contributed by atoms with Crippen LogP contribution < -0.4 is 5.32 Å². The zero-order valence-corrected chi connectivity index (χ0v) is 12.2. The van der Waals surface area contributed by atoms with Gasteiger partial charge in [0.1, 0.15) is 0 Å². The van der Waals surface area contributed by atoms with E-state index >= 15 is 0 Å². The molecule has 3 rings (SSSR count). The van der Waals surface area contributed by atoms with Gasteiger partial charge in [-0.25, -0.2) is 0 Å². The lowest BCUT2D eigenvalue weighted by molar-refractivity contribution is 0.525. The van der Waals surface area contributed by atoms with Gasteiger partial charge < -0.3 is 5.32 Å². The summed E-state index contributed by atoms with van der Waals surface area (Å²) in [5, 5.41) is 4.59. The number of fused-ring (bicyclic) bond motifs is 1. The Bertz CT molecular complexity index is 478. The molecule has 0 heterocycles. The molecule has 1 nitrogen and oxygen atoms in total. The summed E-state index contributed by atoms with van der Waals surface area (Å²) in [4.78, 5) is 0. The first-order valence-electron chi connectivity index (χ1n) is 7.52. The molecule has 1 aromatic rings. The normalized spacial score (nSPS) is 22.2. The van der Waals surface area contributed by atoms with Gasteiger partial charge >= 0.3 is 0 Å². The fourth-order valence-electron chi connectivity index (χ4n) is 3.34. The summed E-state index contributed by atoms with van der Waals surface area (Å²) in [6.07, 6.45) is 11.4. The maximum absolute atomic E-state index is 6.05. The Morgan fingerprint density at radius 3 is 3.00 bits per heavy atom. The fourth-order valence-corrected chi connectivity index (χ4v) is 3.53. The molecular formula is C17H22ClN. The van der Waals surface area contributed by atoms with Crippen LogP contribution in [0.25, 0.3) is 0 Å². The van der Waals surface area contributed by atoms with Crippen molar-refractivity contribution < 1.29 is 0 Å². The third-order valence-electron chi connectivity index (χ3n) is 4.40. The Hall–Kier alpha value is -0.790. The molecule has 0 spiro atoms. The number of rotatable bonds is 4. The lowest BCUT2D eigenvalue weighted by Gasteiger charge is -2.17. The molecule has 0 radical (unpaired) electrons. The van der Waals surface area contributed by atoms with E-state index in [-0.39, 0.29) is 0 Å². The molecule has 0 aliphatic heterocycles. The number of benzene rings is 1. The van der Waals surface area contributed by atoms with Gasteiger partial charge in [-0.2, -0.15) is 0 Å². The third-order valence-corrected chi connectivity index (χ3v) is 4.64. The van der Waals surface area contributed by atoms with E-state index in [1.165, 1.54) is 49.7 Å². The summed E-state index contributed by atoms with van der Waals surface area (Å²) in [5.74, 6) is 0. The molecule has 19 heavy (non-hydrogen) atoms. The van der Waals surface area contributed by atoms with E-state index in [0.29, 0.717) is 6.04 Å². The molecule has 1 atom stereocenters. The summed E-state index contributed by atoms with van der Waals surface area (Å²) in [7, 11) is 0. The van der Waals surface area contributed by atoms with Crippen LogP contribution in [0, 0.1) is 0 Å². The second-order valence-corrected chi connectivity index (χ2v) is 6.18. The van der Waals surface area contributed by atoms with Gasteiger partial charge in [0.15, 0.2) is 0 Å². The number of hydrogen-bond acceptors (Lipinski definition) is 1. The van der Waals surface area contributed by atoms with Crippen LogP contribution in [0.4, 0.5) is 0 Å². The Morgan fingerprint density at radius 1 is 1.21 bits per heavy atom. The van der Waals surface area contributed by atoms with E-state index < -0.39 is 0 Å². The SMILES string of the molecule is Clc1ccc2c(c1)CCC2NCCC1=CCCCC1. The molecule has 0 bridgehead atoms. The van der Waals surface area contributed by atoms with E-state index in [9.17, 15) is 0 Å². The van der Waals surface area contributed by atoms with Crippen molar-refractivity contribution in [1.82, 2.24) is 5.32 Å². The van der Waals surface area contributed by atoms with E-state index in [0.717, 1.165) is 18.0 Å². The van der Waals surface area contributed by atoms with E-state index in [1.54, 1.807) is 5.57 Å². The molecule has 2 heteroatoms. The molecule has 2 aliphatic carbocycles. The molecule has 0 fully saturated rings. The van der Waals surface area contributed by atoms with Crippen LogP contribution in [-0.4, -0.2) is 6.54 Å². The van der Waals surface area contributed by atoms with Gasteiger partial charge in [-0.3, -0.25) is 0 Å².